The Kier molecular flexibility index (Phi) is 4.36. The van der Waals surface area contributed by atoms with Crippen molar-refractivity contribution in [3.63, 3.8) is 0 Å². The highest BCUT2D eigenvalue weighted by molar-refractivity contribution is 7.89. The average molecular weight is 335 g/mol. The molecule has 3 heterocycles. The topological polar surface area (TPSA) is 80.1 Å². The van der Waals surface area contributed by atoms with E-state index in [4.69, 9.17) is 0 Å². The van der Waals surface area contributed by atoms with Gasteiger partial charge in [-0.25, -0.2) is 23.1 Å². The molecule has 0 aliphatic carbocycles. The third kappa shape index (κ3) is 3.70. The number of rotatable bonds is 4. The second-order valence-electron chi connectivity index (χ2n) is 5.90. The number of nitrogens with one attached hydrogen (secondary N) is 1. The van der Waals surface area contributed by atoms with Crippen LogP contribution in [0.4, 0.5) is 5.82 Å². The Morgan fingerprint density at radius 1 is 1.26 bits per heavy atom. The summed E-state index contributed by atoms with van der Waals surface area (Å²) >= 11 is 0. The number of anilines is 1. The first-order valence-electron chi connectivity index (χ1n) is 7.63. The minimum absolute atomic E-state index is 0.0666. The summed E-state index contributed by atoms with van der Waals surface area (Å²) in [7, 11) is -1.79. The van der Waals surface area contributed by atoms with Gasteiger partial charge in [-0.1, -0.05) is 6.07 Å². The lowest BCUT2D eigenvalue weighted by molar-refractivity contribution is 0.457. The van der Waals surface area contributed by atoms with E-state index < -0.39 is 10.0 Å². The largest absolute Gasteiger partial charge is 0.356 e. The van der Waals surface area contributed by atoms with Crippen molar-refractivity contribution >= 4 is 15.8 Å². The van der Waals surface area contributed by atoms with Crippen molar-refractivity contribution in [3.8, 4) is 0 Å². The fraction of sp³-hybridized carbons (Fsp3) is 0.467. The van der Waals surface area contributed by atoms with Gasteiger partial charge in [0, 0.05) is 38.1 Å². The molecule has 0 bridgehead atoms. The molecule has 23 heavy (non-hydrogen) atoms. The fourth-order valence-corrected chi connectivity index (χ4v) is 4.02. The molecule has 0 spiro atoms. The van der Waals surface area contributed by atoms with Gasteiger partial charge in [0.2, 0.25) is 0 Å². The first-order chi connectivity index (χ1) is 10.9. The molecule has 0 unspecified atom stereocenters. The standard InChI is InChI=1S/C15H21N5O2S/c1-12-4-3-5-14(17-12)20-8-6-13(7-9-20)18-23(21,22)15-10-19(2)11-16-15/h3-5,10-11,13,18H,6-9H2,1-2H3. The summed E-state index contributed by atoms with van der Waals surface area (Å²) in [6, 6.07) is 5.89. The van der Waals surface area contributed by atoms with Gasteiger partial charge in [0.15, 0.2) is 5.03 Å². The van der Waals surface area contributed by atoms with Gasteiger partial charge in [-0.15, -0.1) is 0 Å². The first-order valence-corrected chi connectivity index (χ1v) is 9.11. The normalized spacial score (nSPS) is 16.7. The van der Waals surface area contributed by atoms with Crippen molar-refractivity contribution in [2.24, 2.45) is 7.05 Å². The summed E-state index contributed by atoms with van der Waals surface area (Å²) < 4.78 is 29.0. The van der Waals surface area contributed by atoms with Crippen molar-refractivity contribution in [1.82, 2.24) is 19.3 Å². The van der Waals surface area contributed by atoms with Crippen LogP contribution in [0.5, 0.6) is 0 Å². The van der Waals surface area contributed by atoms with E-state index >= 15 is 0 Å². The van der Waals surface area contributed by atoms with E-state index in [0.29, 0.717) is 0 Å². The molecule has 0 amide bonds. The molecule has 1 aliphatic rings. The number of hydrogen-bond acceptors (Lipinski definition) is 5. The van der Waals surface area contributed by atoms with Gasteiger partial charge in [-0.2, -0.15) is 0 Å². The SMILES string of the molecule is Cc1cccc(N2CCC(NS(=O)(=O)c3cn(C)cn3)CC2)n1. The molecule has 8 heteroatoms. The third-order valence-corrected chi connectivity index (χ3v) is 5.38. The average Bonchev–Trinajstić information content (AvgIpc) is 2.95. The highest BCUT2D eigenvalue weighted by Gasteiger charge is 2.26. The summed E-state index contributed by atoms with van der Waals surface area (Å²) in [5.74, 6) is 0.955. The predicted octanol–water partition coefficient (Wildman–Crippen LogP) is 1.07. The smallest absolute Gasteiger partial charge is 0.259 e. The molecular formula is C15H21N5O2S. The van der Waals surface area contributed by atoms with Crippen LogP contribution in [-0.2, 0) is 17.1 Å². The Bertz CT molecular complexity index is 779. The van der Waals surface area contributed by atoms with E-state index in [1.165, 1.54) is 12.5 Å². The summed E-state index contributed by atoms with van der Waals surface area (Å²) in [6.07, 6.45) is 4.50. The number of aryl methyl sites for hydroxylation is 2. The lowest BCUT2D eigenvalue weighted by Gasteiger charge is -2.33. The zero-order valence-electron chi connectivity index (χ0n) is 13.3. The number of piperidine rings is 1. The van der Waals surface area contributed by atoms with Gasteiger partial charge < -0.3 is 9.47 Å². The minimum atomic E-state index is -3.54. The van der Waals surface area contributed by atoms with E-state index in [1.807, 2.05) is 25.1 Å². The van der Waals surface area contributed by atoms with Crippen molar-refractivity contribution in [2.45, 2.75) is 30.8 Å². The third-order valence-electron chi connectivity index (χ3n) is 3.97. The lowest BCUT2D eigenvalue weighted by Crippen LogP contribution is -2.45. The molecule has 1 aliphatic heterocycles. The van der Waals surface area contributed by atoms with Crippen molar-refractivity contribution in [1.29, 1.82) is 0 Å². The van der Waals surface area contributed by atoms with Crippen LogP contribution in [0, 0.1) is 6.92 Å². The zero-order chi connectivity index (χ0) is 16.4. The number of sulfonamides is 1. The molecule has 1 saturated heterocycles. The van der Waals surface area contributed by atoms with Crippen molar-refractivity contribution in [2.75, 3.05) is 18.0 Å². The molecule has 2 aromatic heterocycles. The van der Waals surface area contributed by atoms with E-state index in [9.17, 15) is 8.42 Å². The van der Waals surface area contributed by atoms with Crippen LogP contribution in [0.15, 0.2) is 35.7 Å². The van der Waals surface area contributed by atoms with E-state index in [-0.39, 0.29) is 11.1 Å². The highest BCUT2D eigenvalue weighted by atomic mass is 32.2. The van der Waals surface area contributed by atoms with Crippen LogP contribution in [0.25, 0.3) is 0 Å². The van der Waals surface area contributed by atoms with Gasteiger partial charge >= 0.3 is 0 Å². The molecule has 0 radical (unpaired) electrons. The Balaban J connectivity index is 1.61. The second-order valence-corrected chi connectivity index (χ2v) is 7.56. The quantitative estimate of drug-likeness (QED) is 0.904. The van der Waals surface area contributed by atoms with E-state index in [2.05, 4.69) is 19.6 Å². The fourth-order valence-electron chi connectivity index (χ4n) is 2.74. The van der Waals surface area contributed by atoms with Crippen LogP contribution in [0.3, 0.4) is 0 Å². The van der Waals surface area contributed by atoms with Gasteiger partial charge in [-0.3, -0.25) is 0 Å². The molecule has 0 saturated carbocycles. The van der Waals surface area contributed by atoms with Crippen LogP contribution in [0.1, 0.15) is 18.5 Å². The number of imidazole rings is 1. The van der Waals surface area contributed by atoms with Crippen LogP contribution < -0.4 is 9.62 Å². The van der Waals surface area contributed by atoms with Gasteiger partial charge in [-0.05, 0) is 31.9 Å². The lowest BCUT2D eigenvalue weighted by atomic mass is 10.1. The molecule has 0 atom stereocenters. The van der Waals surface area contributed by atoms with Crippen LogP contribution in [-0.4, -0.2) is 42.1 Å². The van der Waals surface area contributed by atoms with Gasteiger partial charge in [0.05, 0.1) is 6.33 Å². The van der Waals surface area contributed by atoms with E-state index in [1.54, 1.807) is 11.6 Å². The van der Waals surface area contributed by atoms with Gasteiger partial charge in [0.1, 0.15) is 5.82 Å². The second kappa shape index (κ2) is 6.29. The summed E-state index contributed by atoms with van der Waals surface area (Å²) in [5, 5.41) is 0.0720. The monoisotopic (exact) mass is 335 g/mol. The molecule has 2 aromatic rings. The maximum absolute atomic E-state index is 12.3. The summed E-state index contributed by atoms with van der Waals surface area (Å²) in [6.45, 7) is 3.54. The van der Waals surface area contributed by atoms with E-state index in [0.717, 1.165) is 37.4 Å². The molecule has 1 N–H and O–H groups in total. The van der Waals surface area contributed by atoms with Crippen molar-refractivity contribution in [3.05, 3.63) is 36.4 Å². The number of nitrogens with zero attached hydrogens (tertiary/aromatic N) is 4. The maximum Gasteiger partial charge on any atom is 0.259 e. The zero-order valence-corrected chi connectivity index (χ0v) is 14.1. The van der Waals surface area contributed by atoms with Crippen molar-refractivity contribution < 1.29 is 8.42 Å². The number of aromatic nitrogens is 3. The summed E-state index contributed by atoms with van der Waals surface area (Å²) in [4.78, 5) is 10.6. The molecule has 3 rings (SSSR count). The highest BCUT2D eigenvalue weighted by Crippen LogP contribution is 2.19. The Labute approximate surface area is 136 Å². The van der Waals surface area contributed by atoms with Crippen LogP contribution in [0.2, 0.25) is 0 Å². The number of hydrogen-bond donors (Lipinski definition) is 1. The molecular weight excluding hydrogens is 314 g/mol. The Morgan fingerprint density at radius 3 is 2.61 bits per heavy atom. The Morgan fingerprint density at radius 2 is 2.00 bits per heavy atom. The summed E-state index contributed by atoms with van der Waals surface area (Å²) in [5.41, 5.74) is 0.987. The molecule has 1 fully saturated rings. The maximum atomic E-state index is 12.3. The molecule has 124 valence electrons. The number of pyridine rings is 1. The first kappa shape index (κ1) is 15.9. The Hall–Kier alpha value is -1.93. The van der Waals surface area contributed by atoms with Gasteiger partial charge in [0.25, 0.3) is 10.0 Å². The minimum Gasteiger partial charge on any atom is -0.356 e. The predicted molar refractivity (Wildman–Crippen MR) is 87.7 cm³/mol. The van der Waals surface area contributed by atoms with Crippen LogP contribution >= 0.6 is 0 Å². The molecule has 0 aromatic carbocycles. The molecule has 7 nitrogen and oxygen atoms in total.